The molecular formula is C18H17FN2O. The maximum atomic E-state index is 13.9. The number of rotatable bonds is 4. The summed E-state index contributed by atoms with van der Waals surface area (Å²) in [7, 11) is 0. The van der Waals surface area contributed by atoms with Crippen molar-refractivity contribution in [2.75, 3.05) is 0 Å². The van der Waals surface area contributed by atoms with Crippen molar-refractivity contribution in [2.45, 2.75) is 20.1 Å². The van der Waals surface area contributed by atoms with E-state index in [2.05, 4.69) is 5.10 Å². The zero-order chi connectivity index (χ0) is 15.5. The van der Waals surface area contributed by atoms with Crippen LogP contribution >= 0.6 is 0 Å². The number of aromatic nitrogens is 2. The van der Waals surface area contributed by atoms with Gasteiger partial charge in [-0.1, -0.05) is 35.9 Å². The summed E-state index contributed by atoms with van der Waals surface area (Å²) in [6.07, 6.45) is 3.46. The van der Waals surface area contributed by atoms with Gasteiger partial charge < -0.3 is 5.11 Å². The van der Waals surface area contributed by atoms with Crippen molar-refractivity contribution in [3.8, 4) is 11.1 Å². The topological polar surface area (TPSA) is 38.0 Å². The third kappa shape index (κ3) is 3.07. The van der Waals surface area contributed by atoms with E-state index < -0.39 is 0 Å². The standard InChI is InChI=1S/C18H17FN2O/c1-13-2-7-18(19)17(8-13)16-5-3-14(4-6-16)10-21-11-15(12-22)9-20-21/h2-9,11,22H,10,12H2,1H3. The molecule has 0 amide bonds. The lowest BCUT2D eigenvalue weighted by molar-refractivity contribution is 0.281. The summed E-state index contributed by atoms with van der Waals surface area (Å²) in [5, 5.41) is 13.2. The summed E-state index contributed by atoms with van der Waals surface area (Å²) in [6.45, 7) is 2.57. The monoisotopic (exact) mass is 296 g/mol. The van der Waals surface area contributed by atoms with E-state index in [-0.39, 0.29) is 12.4 Å². The highest BCUT2D eigenvalue weighted by Gasteiger charge is 2.06. The van der Waals surface area contributed by atoms with Crippen molar-refractivity contribution in [1.29, 1.82) is 0 Å². The van der Waals surface area contributed by atoms with Crippen LogP contribution in [0.2, 0.25) is 0 Å². The molecule has 0 saturated carbocycles. The Balaban J connectivity index is 1.81. The zero-order valence-electron chi connectivity index (χ0n) is 12.3. The number of nitrogens with zero attached hydrogens (tertiary/aromatic N) is 2. The Morgan fingerprint density at radius 1 is 1.09 bits per heavy atom. The molecule has 0 bridgehead atoms. The van der Waals surface area contributed by atoms with Gasteiger partial charge in [0.2, 0.25) is 0 Å². The SMILES string of the molecule is Cc1ccc(F)c(-c2ccc(Cn3cc(CO)cn3)cc2)c1. The second-order valence-corrected chi connectivity index (χ2v) is 5.38. The Hall–Kier alpha value is -2.46. The number of halogens is 1. The largest absolute Gasteiger partial charge is 0.392 e. The van der Waals surface area contributed by atoms with Crippen LogP contribution in [-0.4, -0.2) is 14.9 Å². The molecule has 0 saturated heterocycles. The molecule has 1 aromatic heterocycles. The molecule has 2 aromatic carbocycles. The number of aliphatic hydroxyl groups excluding tert-OH is 1. The van der Waals surface area contributed by atoms with Crippen molar-refractivity contribution >= 4 is 0 Å². The Morgan fingerprint density at radius 2 is 1.86 bits per heavy atom. The van der Waals surface area contributed by atoms with E-state index in [0.717, 1.165) is 22.3 Å². The fourth-order valence-corrected chi connectivity index (χ4v) is 2.41. The second-order valence-electron chi connectivity index (χ2n) is 5.38. The molecular weight excluding hydrogens is 279 g/mol. The molecule has 1 heterocycles. The Morgan fingerprint density at radius 3 is 2.55 bits per heavy atom. The van der Waals surface area contributed by atoms with Crippen molar-refractivity contribution in [1.82, 2.24) is 9.78 Å². The average Bonchev–Trinajstić information content (AvgIpc) is 2.98. The summed E-state index contributed by atoms with van der Waals surface area (Å²) < 4.78 is 15.7. The minimum absolute atomic E-state index is 0.00836. The molecule has 0 atom stereocenters. The smallest absolute Gasteiger partial charge is 0.131 e. The maximum Gasteiger partial charge on any atom is 0.131 e. The summed E-state index contributed by atoms with van der Waals surface area (Å²) >= 11 is 0. The van der Waals surface area contributed by atoms with Crippen molar-refractivity contribution in [3.63, 3.8) is 0 Å². The normalized spacial score (nSPS) is 10.9. The lowest BCUT2D eigenvalue weighted by Gasteiger charge is -2.07. The van der Waals surface area contributed by atoms with Crippen LogP contribution < -0.4 is 0 Å². The zero-order valence-corrected chi connectivity index (χ0v) is 12.3. The van der Waals surface area contributed by atoms with Gasteiger partial charge in [-0.05, 0) is 30.2 Å². The first-order valence-corrected chi connectivity index (χ1v) is 7.13. The highest BCUT2D eigenvalue weighted by Crippen LogP contribution is 2.24. The van der Waals surface area contributed by atoms with Gasteiger partial charge in [-0.3, -0.25) is 4.68 Å². The predicted molar refractivity (Wildman–Crippen MR) is 83.8 cm³/mol. The molecule has 0 radical (unpaired) electrons. The molecule has 4 heteroatoms. The summed E-state index contributed by atoms with van der Waals surface area (Å²) in [6, 6.07) is 12.9. The second kappa shape index (κ2) is 6.12. The molecule has 3 aromatic rings. The molecule has 1 N–H and O–H groups in total. The van der Waals surface area contributed by atoms with Crippen LogP contribution in [0.25, 0.3) is 11.1 Å². The molecule has 3 rings (SSSR count). The molecule has 22 heavy (non-hydrogen) atoms. The van der Waals surface area contributed by atoms with Gasteiger partial charge in [-0.25, -0.2) is 4.39 Å². The Bertz CT molecular complexity index is 778. The van der Waals surface area contributed by atoms with Crippen molar-refractivity contribution in [3.05, 3.63) is 77.4 Å². The molecule has 0 unspecified atom stereocenters. The molecule has 0 fully saturated rings. The fourth-order valence-electron chi connectivity index (χ4n) is 2.41. The van der Waals surface area contributed by atoms with E-state index in [4.69, 9.17) is 5.11 Å². The molecule has 0 spiro atoms. The van der Waals surface area contributed by atoms with Crippen LogP contribution in [0.4, 0.5) is 4.39 Å². The molecule has 112 valence electrons. The van der Waals surface area contributed by atoms with Gasteiger partial charge in [-0.2, -0.15) is 5.10 Å². The molecule has 3 nitrogen and oxygen atoms in total. The van der Waals surface area contributed by atoms with Gasteiger partial charge in [0.05, 0.1) is 19.3 Å². The van der Waals surface area contributed by atoms with Crippen LogP contribution in [0.1, 0.15) is 16.7 Å². The number of aryl methyl sites for hydroxylation is 1. The van der Waals surface area contributed by atoms with E-state index in [1.54, 1.807) is 16.9 Å². The van der Waals surface area contributed by atoms with E-state index in [9.17, 15) is 4.39 Å². The first kappa shape index (κ1) is 14.5. The number of aliphatic hydroxyl groups is 1. The fraction of sp³-hybridized carbons (Fsp3) is 0.167. The van der Waals surface area contributed by atoms with Crippen LogP contribution in [0.3, 0.4) is 0 Å². The van der Waals surface area contributed by atoms with E-state index in [1.807, 2.05) is 43.5 Å². The van der Waals surface area contributed by atoms with Gasteiger partial charge in [0.25, 0.3) is 0 Å². The highest BCUT2D eigenvalue weighted by molar-refractivity contribution is 5.65. The summed E-state index contributed by atoms with van der Waals surface area (Å²) in [4.78, 5) is 0. The molecule has 0 aliphatic heterocycles. The van der Waals surface area contributed by atoms with Crippen LogP contribution in [0.5, 0.6) is 0 Å². The Labute approximate surface area is 128 Å². The molecule has 0 aliphatic carbocycles. The minimum atomic E-state index is -0.210. The lowest BCUT2D eigenvalue weighted by Crippen LogP contribution is -1.99. The van der Waals surface area contributed by atoms with E-state index in [0.29, 0.717) is 12.1 Å². The lowest BCUT2D eigenvalue weighted by atomic mass is 10.0. The van der Waals surface area contributed by atoms with Crippen LogP contribution in [0, 0.1) is 12.7 Å². The van der Waals surface area contributed by atoms with Crippen LogP contribution in [-0.2, 0) is 13.2 Å². The van der Waals surface area contributed by atoms with Crippen molar-refractivity contribution in [2.24, 2.45) is 0 Å². The third-order valence-electron chi connectivity index (χ3n) is 3.60. The third-order valence-corrected chi connectivity index (χ3v) is 3.60. The summed E-state index contributed by atoms with van der Waals surface area (Å²) in [5.74, 6) is -0.210. The molecule has 0 aliphatic rings. The quantitative estimate of drug-likeness (QED) is 0.799. The minimum Gasteiger partial charge on any atom is -0.392 e. The first-order chi connectivity index (χ1) is 10.7. The Kier molecular flexibility index (Phi) is 4.02. The van der Waals surface area contributed by atoms with Gasteiger partial charge in [0.1, 0.15) is 5.82 Å². The van der Waals surface area contributed by atoms with E-state index >= 15 is 0 Å². The van der Waals surface area contributed by atoms with E-state index in [1.165, 1.54) is 6.07 Å². The highest BCUT2D eigenvalue weighted by atomic mass is 19.1. The predicted octanol–water partition coefficient (Wildman–Crippen LogP) is 3.54. The summed E-state index contributed by atoms with van der Waals surface area (Å²) in [5.41, 5.74) is 4.38. The maximum absolute atomic E-state index is 13.9. The average molecular weight is 296 g/mol. The number of hydrogen-bond donors (Lipinski definition) is 1. The number of hydrogen-bond acceptors (Lipinski definition) is 2. The van der Waals surface area contributed by atoms with Gasteiger partial charge in [0.15, 0.2) is 0 Å². The van der Waals surface area contributed by atoms with Crippen molar-refractivity contribution < 1.29 is 9.50 Å². The van der Waals surface area contributed by atoms with Gasteiger partial charge >= 0.3 is 0 Å². The van der Waals surface area contributed by atoms with Gasteiger partial charge in [-0.15, -0.1) is 0 Å². The van der Waals surface area contributed by atoms with Gasteiger partial charge in [0, 0.05) is 17.3 Å². The number of benzene rings is 2. The first-order valence-electron chi connectivity index (χ1n) is 7.13. The van der Waals surface area contributed by atoms with Crippen LogP contribution in [0.15, 0.2) is 54.9 Å².